The van der Waals surface area contributed by atoms with Crippen LogP contribution in [0.2, 0.25) is 0 Å². The number of fused-ring (bicyclic) bond motifs is 1. The number of hydrogen-bond donors (Lipinski definition) is 1. The van der Waals surface area contributed by atoms with Gasteiger partial charge in [0.15, 0.2) is 0 Å². The summed E-state index contributed by atoms with van der Waals surface area (Å²) in [5.74, 6) is -0.223. The first-order valence-electron chi connectivity index (χ1n) is 6.11. The highest BCUT2D eigenvalue weighted by Crippen LogP contribution is 2.30. The van der Waals surface area contributed by atoms with Gasteiger partial charge in [-0.2, -0.15) is 0 Å². The fourth-order valence-electron chi connectivity index (χ4n) is 2.50. The van der Waals surface area contributed by atoms with E-state index < -0.39 is 0 Å². The molecule has 0 spiro atoms. The fraction of sp³-hybridized carbons (Fsp3) is 0.200. The number of benzene rings is 2. The summed E-state index contributed by atoms with van der Waals surface area (Å²) in [6, 6.07) is 13.1. The van der Waals surface area contributed by atoms with Crippen LogP contribution in [-0.4, -0.2) is 6.54 Å². The number of nitrogens with two attached hydrogens (primary N) is 1. The van der Waals surface area contributed by atoms with Gasteiger partial charge >= 0.3 is 0 Å². The van der Waals surface area contributed by atoms with Crippen molar-refractivity contribution in [3.05, 3.63) is 59.4 Å². The number of para-hydroxylation sites is 1. The molecule has 0 amide bonds. The van der Waals surface area contributed by atoms with Crippen molar-refractivity contribution in [1.82, 2.24) is 0 Å². The molecular weight excluding hydrogens is 227 g/mol. The molecule has 2 nitrogen and oxygen atoms in total. The number of anilines is 2. The highest BCUT2D eigenvalue weighted by atomic mass is 19.1. The van der Waals surface area contributed by atoms with Gasteiger partial charge in [0.1, 0.15) is 5.82 Å². The van der Waals surface area contributed by atoms with Crippen LogP contribution in [0.5, 0.6) is 0 Å². The Balaban J connectivity index is 1.91. The SMILES string of the molecule is Nc1cccc(F)c1CN1CCc2ccccc21. The zero-order valence-electron chi connectivity index (χ0n) is 10.1. The van der Waals surface area contributed by atoms with Gasteiger partial charge in [0, 0.05) is 30.0 Å². The normalized spacial score (nSPS) is 13.7. The van der Waals surface area contributed by atoms with E-state index in [4.69, 9.17) is 5.73 Å². The number of nitrogen functional groups attached to an aromatic ring is 1. The van der Waals surface area contributed by atoms with Gasteiger partial charge in [-0.25, -0.2) is 4.39 Å². The molecule has 3 heteroatoms. The molecule has 2 N–H and O–H groups in total. The van der Waals surface area contributed by atoms with Crippen molar-refractivity contribution >= 4 is 11.4 Å². The molecule has 0 unspecified atom stereocenters. The monoisotopic (exact) mass is 242 g/mol. The molecule has 1 aliphatic rings. The van der Waals surface area contributed by atoms with Crippen LogP contribution in [0, 0.1) is 5.82 Å². The average Bonchev–Trinajstić information content (AvgIpc) is 2.77. The van der Waals surface area contributed by atoms with Gasteiger partial charge in [-0.15, -0.1) is 0 Å². The lowest BCUT2D eigenvalue weighted by molar-refractivity contribution is 0.607. The Hall–Kier alpha value is -2.03. The van der Waals surface area contributed by atoms with Crippen molar-refractivity contribution in [3.8, 4) is 0 Å². The summed E-state index contributed by atoms with van der Waals surface area (Å²) in [6.07, 6.45) is 1.02. The molecule has 0 saturated heterocycles. The Labute approximate surface area is 106 Å². The van der Waals surface area contributed by atoms with E-state index in [1.807, 2.05) is 12.1 Å². The summed E-state index contributed by atoms with van der Waals surface area (Å²) in [5, 5.41) is 0. The Kier molecular flexibility index (Phi) is 2.67. The molecular formula is C15H15FN2. The Morgan fingerprint density at radius 1 is 1.11 bits per heavy atom. The second-order valence-electron chi connectivity index (χ2n) is 4.61. The molecule has 0 bridgehead atoms. The third kappa shape index (κ3) is 1.82. The van der Waals surface area contributed by atoms with E-state index in [0.717, 1.165) is 13.0 Å². The van der Waals surface area contributed by atoms with E-state index in [0.29, 0.717) is 17.8 Å². The third-order valence-electron chi connectivity index (χ3n) is 3.49. The van der Waals surface area contributed by atoms with Gasteiger partial charge in [0.05, 0.1) is 0 Å². The first kappa shape index (κ1) is 11.1. The third-order valence-corrected chi connectivity index (χ3v) is 3.49. The van der Waals surface area contributed by atoms with Crippen molar-refractivity contribution in [2.75, 3.05) is 17.2 Å². The molecule has 2 aromatic rings. The quantitative estimate of drug-likeness (QED) is 0.820. The summed E-state index contributed by atoms with van der Waals surface area (Å²) in [5.41, 5.74) is 9.49. The van der Waals surface area contributed by atoms with Crippen LogP contribution in [0.25, 0.3) is 0 Å². The maximum Gasteiger partial charge on any atom is 0.130 e. The van der Waals surface area contributed by atoms with E-state index in [1.165, 1.54) is 17.3 Å². The maximum atomic E-state index is 13.8. The van der Waals surface area contributed by atoms with Gasteiger partial charge in [0.25, 0.3) is 0 Å². The topological polar surface area (TPSA) is 29.3 Å². The molecule has 0 fully saturated rings. The minimum Gasteiger partial charge on any atom is -0.398 e. The molecule has 0 saturated carbocycles. The van der Waals surface area contributed by atoms with E-state index in [9.17, 15) is 4.39 Å². The second-order valence-corrected chi connectivity index (χ2v) is 4.61. The van der Waals surface area contributed by atoms with Crippen molar-refractivity contribution in [2.24, 2.45) is 0 Å². The predicted octanol–water partition coefficient (Wildman–Crippen LogP) is 2.97. The molecule has 18 heavy (non-hydrogen) atoms. The second kappa shape index (κ2) is 4.33. The molecule has 2 aromatic carbocycles. The highest BCUT2D eigenvalue weighted by molar-refractivity contribution is 5.59. The van der Waals surface area contributed by atoms with Crippen molar-refractivity contribution in [3.63, 3.8) is 0 Å². The maximum absolute atomic E-state index is 13.8. The molecule has 0 aromatic heterocycles. The smallest absolute Gasteiger partial charge is 0.130 e. The van der Waals surface area contributed by atoms with Crippen LogP contribution in [0.3, 0.4) is 0 Å². The molecule has 92 valence electrons. The fourth-order valence-corrected chi connectivity index (χ4v) is 2.50. The molecule has 3 rings (SSSR count). The van der Waals surface area contributed by atoms with Crippen LogP contribution in [-0.2, 0) is 13.0 Å². The minimum absolute atomic E-state index is 0.223. The summed E-state index contributed by atoms with van der Waals surface area (Å²) >= 11 is 0. The lowest BCUT2D eigenvalue weighted by atomic mass is 10.1. The van der Waals surface area contributed by atoms with Crippen LogP contribution in [0.4, 0.5) is 15.8 Å². The number of nitrogens with zero attached hydrogens (tertiary/aromatic N) is 1. The Morgan fingerprint density at radius 3 is 2.78 bits per heavy atom. The van der Waals surface area contributed by atoms with Gasteiger partial charge in [0.2, 0.25) is 0 Å². The van der Waals surface area contributed by atoms with Crippen LogP contribution >= 0.6 is 0 Å². The summed E-state index contributed by atoms with van der Waals surface area (Å²) in [6.45, 7) is 1.46. The van der Waals surface area contributed by atoms with E-state index in [-0.39, 0.29) is 5.82 Å². The summed E-state index contributed by atoms with van der Waals surface area (Å²) in [4.78, 5) is 2.18. The summed E-state index contributed by atoms with van der Waals surface area (Å²) < 4.78 is 13.8. The zero-order valence-corrected chi connectivity index (χ0v) is 10.1. The van der Waals surface area contributed by atoms with E-state index in [1.54, 1.807) is 12.1 Å². The first-order valence-corrected chi connectivity index (χ1v) is 6.11. The van der Waals surface area contributed by atoms with Gasteiger partial charge in [-0.3, -0.25) is 0 Å². The average molecular weight is 242 g/mol. The molecule has 1 heterocycles. The zero-order chi connectivity index (χ0) is 12.5. The molecule has 0 radical (unpaired) electrons. The molecule has 1 aliphatic heterocycles. The van der Waals surface area contributed by atoms with Crippen LogP contribution in [0.15, 0.2) is 42.5 Å². The number of rotatable bonds is 2. The van der Waals surface area contributed by atoms with Gasteiger partial charge < -0.3 is 10.6 Å². The van der Waals surface area contributed by atoms with Crippen molar-refractivity contribution in [2.45, 2.75) is 13.0 Å². The largest absolute Gasteiger partial charge is 0.398 e. The lowest BCUT2D eigenvalue weighted by Crippen LogP contribution is -2.21. The lowest BCUT2D eigenvalue weighted by Gasteiger charge is -2.20. The molecule has 0 aliphatic carbocycles. The molecule has 0 atom stereocenters. The van der Waals surface area contributed by atoms with Gasteiger partial charge in [-0.05, 0) is 30.2 Å². The van der Waals surface area contributed by atoms with Crippen LogP contribution in [0.1, 0.15) is 11.1 Å². The predicted molar refractivity (Wildman–Crippen MR) is 72.0 cm³/mol. The van der Waals surface area contributed by atoms with Crippen molar-refractivity contribution in [1.29, 1.82) is 0 Å². The first-order chi connectivity index (χ1) is 8.75. The number of halogens is 1. The van der Waals surface area contributed by atoms with E-state index in [2.05, 4.69) is 17.0 Å². The number of hydrogen-bond acceptors (Lipinski definition) is 2. The van der Waals surface area contributed by atoms with E-state index >= 15 is 0 Å². The Bertz CT molecular complexity index is 560. The Morgan fingerprint density at radius 2 is 1.94 bits per heavy atom. The standard InChI is InChI=1S/C15H15FN2/c16-13-5-3-6-14(17)12(13)10-18-9-8-11-4-1-2-7-15(11)18/h1-7H,8-10,17H2. The summed E-state index contributed by atoms with van der Waals surface area (Å²) in [7, 11) is 0. The van der Waals surface area contributed by atoms with Crippen LogP contribution < -0.4 is 10.6 Å². The minimum atomic E-state index is -0.223. The van der Waals surface area contributed by atoms with Gasteiger partial charge in [-0.1, -0.05) is 24.3 Å². The highest BCUT2D eigenvalue weighted by Gasteiger charge is 2.20. The van der Waals surface area contributed by atoms with Crippen molar-refractivity contribution < 1.29 is 4.39 Å².